The van der Waals surface area contributed by atoms with Gasteiger partial charge in [-0.15, -0.1) is 11.8 Å². The number of benzene rings is 1. The molecule has 0 aliphatic heterocycles. The van der Waals surface area contributed by atoms with Crippen molar-refractivity contribution in [2.24, 2.45) is 0 Å². The van der Waals surface area contributed by atoms with Crippen LogP contribution in [0.25, 0.3) is 0 Å². The third kappa shape index (κ3) is 4.97. The summed E-state index contributed by atoms with van der Waals surface area (Å²) in [6, 6.07) is 8.10. The third-order valence-electron chi connectivity index (χ3n) is 2.47. The first-order chi connectivity index (χ1) is 9.13. The number of aromatic nitrogens is 2. The maximum absolute atomic E-state index is 9.20. The molecule has 0 saturated carbocycles. The zero-order valence-corrected chi connectivity index (χ0v) is 12.9. The van der Waals surface area contributed by atoms with Crippen LogP contribution in [0.5, 0.6) is 0 Å². The van der Waals surface area contributed by atoms with Gasteiger partial charge in [0.2, 0.25) is 5.89 Å². The van der Waals surface area contributed by atoms with E-state index in [-0.39, 0.29) is 6.10 Å². The average molecular weight is 343 g/mol. The van der Waals surface area contributed by atoms with E-state index in [2.05, 4.69) is 26.1 Å². The molecule has 4 nitrogen and oxygen atoms in total. The summed E-state index contributed by atoms with van der Waals surface area (Å²) >= 11 is 5.07. The molecule has 1 unspecified atom stereocenters. The number of aliphatic hydroxyl groups excluding tert-OH is 1. The van der Waals surface area contributed by atoms with E-state index in [9.17, 15) is 5.11 Å². The van der Waals surface area contributed by atoms with Crippen molar-refractivity contribution < 1.29 is 9.63 Å². The summed E-state index contributed by atoms with van der Waals surface area (Å²) in [7, 11) is 0. The molecule has 0 aliphatic rings. The fourth-order valence-corrected chi connectivity index (χ4v) is 2.47. The molecule has 0 aliphatic carbocycles. The molecule has 6 heteroatoms. The van der Waals surface area contributed by atoms with Crippen molar-refractivity contribution in [1.82, 2.24) is 10.1 Å². The Morgan fingerprint density at radius 3 is 2.79 bits per heavy atom. The molecule has 0 amide bonds. The highest BCUT2D eigenvalue weighted by Crippen LogP contribution is 2.23. The maximum Gasteiger partial charge on any atom is 0.226 e. The molecular formula is C13H15BrN2O2S. The summed E-state index contributed by atoms with van der Waals surface area (Å²) in [6.07, 6.45) is 0.919. The van der Waals surface area contributed by atoms with Crippen molar-refractivity contribution in [1.29, 1.82) is 0 Å². The van der Waals surface area contributed by atoms with Crippen LogP contribution in [0.15, 0.2) is 38.2 Å². The van der Waals surface area contributed by atoms with Crippen molar-refractivity contribution in [3.8, 4) is 0 Å². The normalized spacial score (nSPS) is 12.6. The quantitative estimate of drug-likeness (QED) is 0.815. The average Bonchev–Trinajstić information content (AvgIpc) is 2.84. The SMILES string of the molecule is CC(O)CCc1nc(CSc2ccc(Br)cc2)no1. The molecule has 2 rings (SSSR count). The lowest BCUT2D eigenvalue weighted by Gasteiger charge is -1.98. The van der Waals surface area contributed by atoms with Gasteiger partial charge in [0, 0.05) is 15.8 Å². The van der Waals surface area contributed by atoms with Gasteiger partial charge in [0.25, 0.3) is 0 Å². The van der Waals surface area contributed by atoms with E-state index >= 15 is 0 Å². The first-order valence-electron chi connectivity index (χ1n) is 6.01. The molecular weight excluding hydrogens is 328 g/mol. The van der Waals surface area contributed by atoms with Gasteiger partial charge in [0.05, 0.1) is 11.9 Å². The number of aliphatic hydroxyl groups is 1. The summed E-state index contributed by atoms with van der Waals surface area (Å²) in [6.45, 7) is 1.75. The summed E-state index contributed by atoms with van der Waals surface area (Å²) in [4.78, 5) is 5.46. The number of aryl methyl sites for hydroxylation is 1. The molecule has 1 atom stereocenters. The Morgan fingerprint density at radius 1 is 1.37 bits per heavy atom. The van der Waals surface area contributed by atoms with Gasteiger partial charge in [-0.05, 0) is 37.6 Å². The number of hydrogen-bond acceptors (Lipinski definition) is 5. The van der Waals surface area contributed by atoms with Crippen molar-refractivity contribution in [2.45, 2.75) is 36.5 Å². The molecule has 1 aromatic heterocycles. The lowest BCUT2D eigenvalue weighted by atomic mass is 10.2. The predicted octanol–water partition coefficient (Wildman–Crippen LogP) is 3.44. The second-order valence-corrected chi connectivity index (χ2v) is 6.20. The highest BCUT2D eigenvalue weighted by atomic mass is 79.9. The Labute approximate surface area is 124 Å². The number of hydrogen-bond donors (Lipinski definition) is 1. The number of halogens is 1. The van der Waals surface area contributed by atoms with Crippen LogP contribution < -0.4 is 0 Å². The van der Waals surface area contributed by atoms with Crippen molar-refractivity contribution in [2.75, 3.05) is 0 Å². The Morgan fingerprint density at radius 2 is 2.11 bits per heavy atom. The molecule has 0 spiro atoms. The van der Waals surface area contributed by atoms with Gasteiger partial charge in [0.15, 0.2) is 5.82 Å². The predicted molar refractivity (Wildman–Crippen MR) is 78.0 cm³/mol. The zero-order chi connectivity index (χ0) is 13.7. The van der Waals surface area contributed by atoms with Crippen LogP contribution in [0.1, 0.15) is 25.1 Å². The van der Waals surface area contributed by atoms with Crippen LogP contribution >= 0.6 is 27.7 Å². The third-order valence-corrected chi connectivity index (χ3v) is 4.00. The standard InChI is InChI=1S/C13H15BrN2O2S/c1-9(17)2-7-13-15-12(16-18-13)8-19-11-5-3-10(14)4-6-11/h3-6,9,17H,2,7-8H2,1H3. The van der Waals surface area contributed by atoms with E-state index in [0.717, 1.165) is 4.47 Å². The van der Waals surface area contributed by atoms with Crippen LogP contribution in [0.4, 0.5) is 0 Å². The highest BCUT2D eigenvalue weighted by Gasteiger charge is 2.08. The highest BCUT2D eigenvalue weighted by molar-refractivity contribution is 9.10. The summed E-state index contributed by atoms with van der Waals surface area (Å²) < 4.78 is 6.20. The van der Waals surface area contributed by atoms with Crippen LogP contribution in [0.2, 0.25) is 0 Å². The zero-order valence-electron chi connectivity index (χ0n) is 10.5. The topological polar surface area (TPSA) is 59.2 Å². The van der Waals surface area contributed by atoms with Gasteiger partial charge < -0.3 is 9.63 Å². The van der Waals surface area contributed by atoms with Gasteiger partial charge in [0.1, 0.15) is 0 Å². The lowest BCUT2D eigenvalue weighted by Crippen LogP contribution is -2.01. The minimum Gasteiger partial charge on any atom is -0.393 e. The van der Waals surface area contributed by atoms with Crippen LogP contribution in [-0.4, -0.2) is 21.4 Å². The monoisotopic (exact) mass is 342 g/mol. The molecule has 102 valence electrons. The van der Waals surface area contributed by atoms with Crippen molar-refractivity contribution >= 4 is 27.7 Å². The molecule has 0 saturated heterocycles. The Hall–Kier alpha value is -0.850. The second-order valence-electron chi connectivity index (χ2n) is 4.23. The van der Waals surface area contributed by atoms with E-state index in [0.29, 0.717) is 30.3 Å². The Bertz CT molecular complexity index is 514. The second kappa shape index (κ2) is 7.07. The Balaban J connectivity index is 1.84. The Kier molecular flexibility index (Phi) is 5.42. The molecule has 19 heavy (non-hydrogen) atoms. The molecule has 1 heterocycles. The molecule has 2 aromatic rings. The molecule has 0 radical (unpaired) electrons. The largest absolute Gasteiger partial charge is 0.393 e. The smallest absolute Gasteiger partial charge is 0.226 e. The lowest BCUT2D eigenvalue weighted by molar-refractivity contribution is 0.180. The fraction of sp³-hybridized carbons (Fsp3) is 0.385. The molecule has 1 N–H and O–H groups in total. The van der Waals surface area contributed by atoms with E-state index < -0.39 is 0 Å². The van der Waals surface area contributed by atoms with E-state index in [4.69, 9.17) is 4.52 Å². The van der Waals surface area contributed by atoms with Gasteiger partial charge in [-0.3, -0.25) is 0 Å². The summed E-state index contributed by atoms with van der Waals surface area (Å²) in [5.41, 5.74) is 0. The number of rotatable bonds is 6. The van der Waals surface area contributed by atoms with E-state index in [1.807, 2.05) is 24.3 Å². The molecule has 0 fully saturated rings. The van der Waals surface area contributed by atoms with Crippen molar-refractivity contribution in [3.63, 3.8) is 0 Å². The number of thioether (sulfide) groups is 1. The first-order valence-corrected chi connectivity index (χ1v) is 7.79. The molecule has 0 bridgehead atoms. The van der Waals surface area contributed by atoms with Crippen LogP contribution in [0.3, 0.4) is 0 Å². The van der Waals surface area contributed by atoms with Crippen molar-refractivity contribution in [3.05, 3.63) is 40.5 Å². The summed E-state index contributed by atoms with van der Waals surface area (Å²) in [5.74, 6) is 1.96. The van der Waals surface area contributed by atoms with Gasteiger partial charge >= 0.3 is 0 Å². The van der Waals surface area contributed by atoms with Gasteiger partial charge in [-0.1, -0.05) is 21.1 Å². The van der Waals surface area contributed by atoms with Crippen LogP contribution in [0, 0.1) is 0 Å². The minimum atomic E-state index is -0.340. The minimum absolute atomic E-state index is 0.340. The molecule has 1 aromatic carbocycles. The summed E-state index contributed by atoms with van der Waals surface area (Å²) in [5, 5.41) is 13.1. The first kappa shape index (κ1) is 14.6. The fourth-order valence-electron chi connectivity index (χ4n) is 1.46. The number of nitrogens with zero attached hydrogens (tertiary/aromatic N) is 2. The van der Waals surface area contributed by atoms with Gasteiger partial charge in [-0.2, -0.15) is 4.98 Å². The van der Waals surface area contributed by atoms with Crippen LogP contribution in [-0.2, 0) is 12.2 Å². The van der Waals surface area contributed by atoms with E-state index in [1.165, 1.54) is 4.90 Å². The van der Waals surface area contributed by atoms with E-state index in [1.54, 1.807) is 18.7 Å². The maximum atomic E-state index is 9.20. The van der Waals surface area contributed by atoms with Gasteiger partial charge in [-0.25, -0.2) is 0 Å².